The standard InChI is InChI=1S/C25H24FN5O3/c1-14(32)22-17-8-5-9-27-23(17)30(29-22)13-21(33)31-18-10-15(18)11-19(31)24(34)28-20-12-25(20,26)16-6-3-2-4-7-16/h2-9,15,18-20H,10-13H2,1H3,(H,28,34)/t15-,18-,19+,20+,25+/m1/s1. The number of fused-ring (bicyclic) bond motifs is 2. The van der Waals surface area contributed by atoms with Gasteiger partial charge in [-0.3, -0.25) is 14.4 Å². The van der Waals surface area contributed by atoms with Gasteiger partial charge >= 0.3 is 0 Å². The smallest absolute Gasteiger partial charge is 0.245 e. The van der Waals surface area contributed by atoms with Crippen molar-refractivity contribution in [3.05, 3.63) is 59.9 Å². The summed E-state index contributed by atoms with van der Waals surface area (Å²) in [5.41, 5.74) is -0.279. The molecule has 174 valence electrons. The first-order chi connectivity index (χ1) is 16.4. The van der Waals surface area contributed by atoms with Crippen LogP contribution in [0.5, 0.6) is 0 Å². The molecule has 2 saturated carbocycles. The molecule has 2 amide bonds. The van der Waals surface area contributed by atoms with Crippen LogP contribution >= 0.6 is 0 Å². The van der Waals surface area contributed by atoms with Crippen LogP contribution in [-0.4, -0.2) is 55.4 Å². The third-order valence-corrected chi connectivity index (χ3v) is 7.28. The molecule has 1 aromatic carbocycles. The van der Waals surface area contributed by atoms with Gasteiger partial charge in [0.15, 0.2) is 17.1 Å². The Morgan fingerprint density at radius 2 is 1.94 bits per heavy atom. The molecule has 9 heteroatoms. The van der Waals surface area contributed by atoms with Crippen molar-refractivity contribution in [1.82, 2.24) is 25.0 Å². The van der Waals surface area contributed by atoms with Crippen molar-refractivity contribution in [2.75, 3.05) is 0 Å². The van der Waals surface area contributed by atoms with Crippen molar-refractivity contribution in [2.45, 2.75) is 56.5 Å². The number of benzene rings is 1. The molecule has 3 aromatic rings. The third-order valence-electron chi connectivity index (χ3n) is 7.28. The fraction of sp³-hybridized carbons (Fsp3) is 0.400. The van der Waals surface area contributed by atoms with Gasteiger partial charge in [-0.1, -0.05) is 30.3 Å². The van der Waals surface area contributed by atoms with Gasteiger partial charge in [-0.2, -0.15) is 5.10 Å². The Labute approximate surface area is 195 Å². The number of hydrogen-bond donors (Lipinski definition) is 1. The average molecular weight is 461 g/mol. The van der Waals surface area contributed by atoms with Gasteiger partial charge in [0.05, 0.1) is 11.4 Å². The lowest BCUT2D eigenvalue weighted by molar-refractivity contribution is -0.140. The number of alkyl halides is 1. The SMILES string of the molecule is CC(=O)c1nn(CC(=O)N2[C@@H]3C[C@@H]3C[C@H]2C(=O)N[C@H]2C[C@]2(F)c2ccccc2)c2ncccc12. The number of aromatic nitrogens is 3. The van der Waals surface area contributed by atoms with Crippen molar-refractivity contribution in [2.24, 2.45) is 5.92 Å². The number of nitrogens with one attached hydrogen (secondary N) is 1. The van der Waals surface area contributed by atoms with Crippen LogP contribution in [0.15, 0.2) is 48.7 Å². The van der Waals surface area contributed by atoms with E-state index >= 15 is 4.39 Å². The van der Waals surface area contributed by atoms with Gasteiger partial charge in [-0.15, -0.1) is 0 Å². The summed E-state index contributed by atoms with van der Waals surface area (Å²) in [7, 11) is 0. The van der Waals surface area contributed by atoms with E-state index in [9.17, 15) is 14.4 Å². The Kier molecular flexibility index (Phi) is 4.59. The first-order valence-electron chi connectivity index (χ1n) is 11.6. The van der Waals surface area contributed by atoms with E-state index < -0.39 is 17.8 Å². The molecule has 0 radical (unpaired) electrons. The van der Waals surface area contributed by atoms with E-state index in [1.165, 1.54) is 11.6 Å². The number of hydrogen-bond acceptors (Lipinski definition) is 5. The molecule has 0 bridgehead atoms. The van der Waals surface area contributed by atoms with Gasteiger partial charge in [0.25, 0.3) is 0 Å². The molecule has 2 aliphatic carbocycles. The predicted octanol–water partition coefficient (Wildman–Crippen LogP) is 2.38. The van der Waals surface area contributed by atoms with E-state index in [-0.39, 0.29) is 42.3 Å². The van der Waals surface area contributed by atoms with Crippen LogP contribution in [0.4, 0.5) is 4.39 Å². The fourth-order valence-corrected chi connectivity index (χ4v) is 5.34. The minimum absolute atomic E-state index is 0.0220. The molecule has 1 N–H and O–H groups in total. The lowest BCUT2D eigenvalue weighted by Gasteiger charge is -2.27. The van der Waals surface area contributed by atoms with E-state index in [1.54, 1.807) is 47.5 Å². The second-order valence-electron chi connectivity index (χ2n) is 9.55. The summed E-state index contributed by atoms with van der Waals surface area (Å²) in [4.78, 5) is 44.4. The van der Waals surface area contributed by atoms with Crippen LogP contribution in [0.2, 0.25) is 0 Å². The molecule has 0 spiro atoms. The molecular weight excluding hydrogens is 437 g/mol. The van der Waals surface area contributed by atoms with Crippen LogP contribution in [-0.2, 0) is 21.8 Å². The van der Waals surface area contributed by atoms with Gasteiger partial charge < -0.3 is 10.2 Å². The summed E-state index contributed by atoms with van der Waals surface area (Å²) in [5, 5.41) is 7.76. The monoisotopic (exact) mass is 461 g/mol. The van der Waals surface area contributed by atoms with Crippen LogP contribution in [0, 0.1) is 5.92 Å². The van der Waals surface area contributed by atoms with Crippen molar-refractivity contribution in [3.8, 4) is 0 Å². The van der Waals surface area contributed by atoms with Gasteiger partial charge in [-0.25, -0.2) is 14.1 Å². The maximum atomic E-state index is 15.2. The zero-order valence-corrected chi connectivity index (χ0v) is 18.6. The molecule has 3 aliphatic rings. The Hall–Kier alpha value is -3.62. The zero-order chi connectivity index (χ0) is 23.6. The Bertz CT molecular complexity index is 1320. The molecule has 5 atom stereocenters. The van der Waals surface area contributed by atoms with Crippen molar-refractivity contribution < 1.29 is 18.8 Å². The Morgan fingerprint density at radius 1 is 1.15 bits per heavy atom. The predicted molar refractivity (Wildman–Crippen MR) is 120 cm³/mol. The Morgan fingerprint density at radius 3 is 2.71 bits per heavy atom. The highest BCUT2D eigenvalue weighted by atomic mass is 19.1. The van der Waals surface area contributed by atoms with E-state index in [0.717, 1.165) is 6.42 Å². The van der Waals surface area contributed by atoms with Gasteiger partial charge in [0.1, 0.15) is 18.3 Å². The van der Waals surface area contributed by atoms with Crippen molar-refractivity contribution in [3.63, 3.8) is 0 Å². The van der Waals surface area contributed by atoms with Gasteiger partial charge in [-0.05, 0) is 36.5 Å². The number of halogens is 1. The van der Waals surface area contributed by atoms with E-state index in [2.05, 4.69) is 15.4 Å². The van der Waals surface area contributed by atoms with Crippen LogP contribution in [0.1, 0.15) is 42.2 Å². The topological polar surface area (TPSA) is 97.2 Å². The molecule has 2 aromatic heterocycles. The molecule has 6 rings (SSSR count). The summed E-state index contributed by atoms with van der Waals surface area (Å²) in [6, 6.07) is 11.1. The minimum atomic E-state index is -1.56. The van der Waals surface area contributed by atoms with Crippen molar-refractivity contribution >= 4 is 28.6 Å². The second kappa shape index (κ2) is 7.44. The number of likely N-dealkylation sites (tertiary alicyclic amines) is 1. The van der Waals surface area contributed by atoms with Crippen molar-refractivity contribution in [1.29, 1.82) is 0 Å². The molecular formula is C25H24FN5O3. The summed E-state index contributed by atoms with van der Waals surface area (Å²) >= 11 is 0. The summed E-state index contributed by atoms with van der Waals surface area (Å²) in [6.07, 6.45) is 3.27. The quantitative estimate of drug-likeness (QED) is 0.569. The maximum Gasteiger partial charge on any atom is 0.245 e. The highest BCUT2D eigenvalue weighted by Crippen LogP contribution is 2.51. The molecule has 3 fully saturated rings. The van der Waals surface area contributed by atoms with E-state index in [1.807, 2.05) is 6.07 Å². The summed E-state index contributed by atoms with van der Waals surface area (Å²) in [5.74, 6) is -0.472. The first-order valence-corrected chi connectivity index (χ1v) is 11.6. The first kappa shape index (κ1) is 20.9. The number of amides is 2. The number of pyridine rings is 1. The van der Waals surface area contributed by atoms with Gasteiger partial charge in [0, 0.05) is 25.6 Å². The largest absolute Gasteiger partial charge is 0.348 e. The normalized spacial score (nSPS) is 29.1. The van der Waals surface area contributed by atoms with E-state index in [0.29, 0.717) is 28.9 Å². The molecule has 34 heavy (non-hydrogen) atoms. The highest BCUT2D eigenvalue weighted by Gasteiger charge is 2.60. The molecule has 1 saturated heterocycles. The lowest BCUT2D eigenvalue weighted by atomic mass is 10.1. The fourth-order valence-electron chi connectivity index (χ4n) is 5.34. The summed E-state index contributed by atoms with van der Waals surface area (Å²) < 4.78 is 16.7. The maximum absolute atomic E-state index is 15.2. The number of nitrogens with zero attached hydrogens (tertiary/aromatic N) is 4. The highest BCUT2D eigenvalue weighted by molar-refractivity contribution is 6.04. The molecule has 1 aliphatic heterocycles. The number of rotatable bonds is 6. The molecule has 8 nitrogen and oxygen atoms in total. The van der Waals surface area contributed by atoms with E-state index in [4.69, 9.17) is 0 Å². The number of carbonyl (C=O) groups excluding carboxylic acids is 3. The van der Waals surface area contributed by atoms with Gasteiger partial charge in [0.2, 0.25) is 11.8 Å². The Balaban J connectivity index is 1.19. The lowest BCUT2D eigenvalue weighted by Crippen LogP contribution is -2.50. The number of ketones is 1. The molecule has 3 heterocycles. The van der Waals surface area contributed by atoms with Crippen LogP contribution < -0.4 is 5.32 Å². The zero-order valence-electron chi connectivity index (χ0n) is 18.6. The second-order valence-corrected chi connectivity index (χ2v) is 9.55. The average Bonchev–Trinajstić information content (AvgIpc) is 3.65. The number of piperidine rings is 1. The van der Waals surface area contributed by atoms with Crippen LogP contribution in [0.3, 0.4) is 0 Å². The third kappa shape index (κ3) is 3.29. The summed E-state index contributed by atoms with van der Waals surface area (Å²) in [6.45, 7) is 1.31. The molecule has 0 unspecified atom stereocenters. The minimum Gasteiger partial charge on any atom is -0.348 e. The number of carbonyl (C=O) groups is 3. The van der Waals surface area contributed by atoms with Crippen LogP contribution in [0.25, 0.3) is 11.0 Å². The number of Topliss-reactive ketones (excluding diaryl/α,β-unsaturated/α-hetero) is 1.